The average molecular weight is 368 g/mol. The minimum atomic E-state index is -1.13. The van der Waals surface area contributed by atoms with Crippen molar-refractivity contribution in [1.29, 1.82) is 0 Å². The van der Waals surface area contributed by atoms with E-state index < -0.39 is 5.97 Å². The van der Waals surface area contributed by atoms with Crippen LogP contribution in [0.15, 0.2) is 58.8 Å². The number of hydrogen-bond donors (Lipinski definition) is 2. The number of imidazole rings is 1. The second-order valence-corrected chi connectivity index (χ2v) is 6.46. The number of carbonyl (C=O) groups is 2. The molecule has 0 unspecified atom stereocenters. The van der Waals surface area contributed by atoms with Crippen LogP contribution in [0.3, 0.4) is 0 Å². The number of benzene rings is 1. The largest absolute Gasteiger partial charge is 0.476 e. The van der Waals surface area contributed by atoms with Gasteiger partial charge in [0.1, 0.15) is 10.7 Å². The third-order valence-corrected chi connectivity index (χ3v) is 4.58. The maximum absolute atomic E-state index is 12.0. The molecule has 0 saturated heterocycles. The first-order chi connectivity index (χ1) is 12.5. The Bertz CT molecular complexity index is 980. The van der Waals surface area contributed by atoms with Crippen LogP contribution >= 0.6 is 11.8 Å². The topological polar surface area (TPSA) is 96.1 Å². The molecule has 1 amide bonds. The lowest BCUT2D eigenvalue weighted by molar-refractivity contribution is -0.118. The van der Waals surface area contributed by atoms with Crippen LogP contribution in [-0.2, 0) is 4.79 Å². The van der Waals surface area contributed by atoms with Crippen molar-refractivity contribution in [3.63, 3.8) is 0 Å². The molecule has 2 heterocycles. The SMILES string of the molecule is Cc1ccc(/C=N/NC(=O)CSc2c(C(=O)O)nc3ccccn23)cc1. The number of carboxylic acid groups (broad SMARTS) is 1. The molecule has 3 aromatic rings. The fraction of sp³-hybridized carbons (Fsp3) is 0.111. The van der Waals surface area contributed by atoms with Crippen LogP contribution in [0.2, 0.25) is 0 Å². The molecule has 8 heteroatoms. The zero-order valence-electron chi connectivity index (χ0n) is 13.9. The van der Waals surface area contributed by atoms with Gasteiger partial charge in [-0.2, -0.15) is 5.10 Å². The van der Waals surface area contributed by atoms with Crippen LogP contribution in [0.1, 0.15) is 21.6 Å². The summed E-state index contributed by atoms with van der Waals surface area (Å²) in [6, 6.07) is 13.0. The zero-order chi connectivity index (χ0) is 18.5. The quantitative estimate of drug-likeness (QED) is 0.396. The van der Waals surface area contributed by atoms with Gasteiger partial charge in [0.2, 0.25) is 5.91 Å². The van der Waals surface area contributed by atoms with Gasteiger partial charge in [0.05, 0.1) is 12.0 Å². The summed E-state index contributed by atoms with van der Waals surface area (Å²) in [6.45, 7) is 1.99. The molecule has 0 radical (unpaired) electrons. The number of thioether (sulfide) groups is 1. The van der Waals surface area contributed by atoms with E-state index in [0.717, 1.165) is 22.9 Å². The minimum Gasteiger partial charge on any atom is -0.476 e. The van der Waals surface area contributed by atoms with Crippen LogP contribution in [0, 0.1) is 6.92 Å². The Hall–Kier alpha value is -3.13. The highest BCUT2D eigenvalue weighted by Gasteiger charge is 2.19. The molecule has 0 atom stereocenters. The van der Waals surface area contributed by atoms with E-state index in [9.17, 15) is 14.7 Å². The number of aromatic carboxylic acids is 1. The lowest BCUT2D eigenvalue weighted by atomic mass is 10.2. The Labute approximate surface area is 153 Å². The van der Waals surface area contributed by atoms with E-state index in [-0.39, 0.29) is 17.4 Å². The Kier molecular flexibility index (Phi) is 5.33. The summed E-state index contributed by atoms with van der Waals surface area (Å²) >= 11 is 1.10. The highest BCUT2D eigenvalue weighted by Crippen LogP contribution is 2.24. The number of aromatic nitrogens is 2. The molecule has 2 aromatic heterocycles. The van der Waals surface area contributed by atoms with Crippen molar-refractivity contribution in [2.24, 2.45) is 5.10 Å². The number of aryl methyl sites for hydroxylation is 1. The number of hydrazone groups is 1. The predicted octanol–water partition coefficient (Wildman–Crippen LogP) is 2.58. The Morgan fingerprint density at radius 2 is 2.04 bits per heavy atom. The van der Waals surface area contributed by atoms with Gasteiger partial charge in [-0.15, -0.1) is 0 Å². The Morgan fingerprint density at radius 3 is 2.77 bits per heavy atom. The van der Waals surface area contributed by atoms with Crippen molar-refractivity contribution in [3.05, 3.63) is 65.5 Å². The summed E-state index contributed by atoms with van der Waals surface area (Å²) in [5.74, 6) is -1.44. The van der Waals surface area contributed by atoms with Gasteiger partial charge in [-0.3, -0.25) is 9.20 Å². The molecule has 0 aliphatic heterocycles. The molecule has 0 aliphatic rings. The minimum absolute atomic E-state index is 0.0220. The first-order valence-corrected chi connectivity index (χ1v) is 8.75. The second-order valence-electron chi connectivity index (χ2n) is 5.49. The van der Waals surface area contributed by atoms with Gasteiger partial charge in [0.25, 0.3) is 0 Å². The normalized spacial score (nSPS) is 11.1. The van der Waals surface area contributed by atoms with E-state index in [4.69, 9.17) is 0 Å². The summed E-state index contributed by atoms with van der Waals surface area (Å²) in [6.07, 6.45) is 3.27. The maximum Gasteiger partial charge on any atom is 0.357 e. The number of hydrogen-bond acceptors (Lipinski definition) is 5. The van der Waals surface area contributed by atoms with Crippen LogP contribution in [0.25, 0.3) is 5.65 Å². The first-order valence-electron chi connectivity index (χ1n) is 7.76. The first kappa shape index (κ1) is 17.7. The lowest BCUT2D eigenvalue weighted by Gasteiger charge is -2.02. The summed E-state index contributed by atoms with van der Waals surface area (Å²) in [5.41, 5.74) is 4.90. The van der Waals surface area contributed by atoms with E-state index >= 15 is 0 Å². The molecule has 132 valence electrons. The number of fused-ring (bicyclic) bond motifs is 1. The van der Waals surface area contributed by atoms with Crippen molar-refractivity contribution in [3.8, 4) is 0 Å². The Balaban J connectivity index is 1.64. The highest BCUT2D eigenvalue weighted by atomic mass is 32.2. The van der Waals surface area contributed by atoms with Gasteiger partial charge in [-0.05, 0) is 24.6 Å². The average Bonchev–Trinajstić information content (AvgIpc) is 3.01. The van der Waals surface area contributed by atoms with Gasteiger partial charge < -0.3 is 5.11 Å². The number of rotatable bonds is 6. The predicted molar refractivity (Wildman–Crippen MR) is 99.8 cm³/mol. The van der Waals surface area contributed by atoms with Crippen molar-refractivity contribution >= 4 is 35.5 Å². The lowest BCUT2D eigenvalue weighted by Crippen LogP contribution is -2.20. The number of nitrogens with zero attached hydrogens (tertiary/aromatic N) is 3. The van der Waals surface area contributed by atoms with Crippen LogP contribution in [0.5, 0.6) is 0 Å². The molecule has 1 aromatic carbocycles. The van der Waals surface area contributed by atoms with Gasteiger partial charge >= 0.3 is 5.97 Å². The van der Waals surface area contributed by atoms with E-state index in [1.54, 1.807) is 35.0 Å². The summed E-state index contributed by atoms with van der Waals surface area (Å²) in [7, 11) is 0. The molecule has 0 bridgehead atoms. The molecule has 26 heavy (non-hydrogen) atoms. The highest BCUT2D eigenvalue weighted by molar-refractivity contribution is 8.00. The van der Waals surface area contributed by atoms with Gasteiger partial charge in [-0.25, -0.2) is 15.2 Å². The molecule has 2 N–H and O–H groups in total. The zero-order valence-corrected chi connectivity index (χ0v) is 14.7. The number of amides is 1. The van der Waals surface area contributed by atoms with Gasteiger partial charge in [0.15, 0.2) is 5.69 Å². The van der Waals surface area contributed by atoms with Crippen molar-refractivity contribution in [1.82, 2.24) is 14.8 Å². The smallest absolute Gasteiger partial charge is 0.357 e. The van der Waals surface area contributed by atoms with Crippen LogP contribution in [0.4, 0.5) is 0 Å². The van der Waals surface area contributed by atoms with E-state index in [0.29, 0.717) is 10.7 Å². The number of carboxylic acids is 1. The van der Waals surface area contributed by atoms with Gasteiger partial charge in [0, 0.05) is 6.20 Å². The van der Waals surface area contributed by atoms with Crippen molar-refractivity contribution in [2.75, 3.05) is 5.75 Å². The molecule has 0 fully saturated rings. The van der Waals surface area contributed by atoms with Gasteiger partial charge in [-0.1, -0.05) is 47.7 Å². The molecule has 0 saturated carbocycles. The number of pyridine rings is 1. The van der Waals surface area contributed by atoms with Crippen LogP contribution < -0.4 is 5.43 Å². The van der Waals surface area contributed by atoms with Crippen LogP contribution in [-0.4, -0.2) is 38.3 Å². The fourth-order valence-corrected chi connectivity index (χ4v) is 3.14. The van der Waals surface area contributed by atoms with E-state index in [1.807, 2.05) is 31.2 Å². The number of nitrogens with one attached hydrogen (secondary N) is 1. The summed E-state index contributed by atoms with van der Waals surface area (Å²) in [4.78, 5) is 27.4. The third-order valence-electron chi connectivity index (χ3n) is 3.51. The molecule has 0 aliphatic carbocycles. The molecule has 0 spiro atoms. The second kappa shape index (κ2) is 7.83. The van der Waals surface area contributed by atoms with Crippen molar-refractivity contribution in [2.45, 2.75) is 11.9 Å². The van der Waals surface area contributed by atoms with Crippen molar-refractivity contribution < 1.29 is 14.7 Å². The van der Waals surface area contributed by atoms with E-state index in [2.05, 4.69) is 15.5 Å². The molecular formula is C18H16N4O3S. The summed E-state index contributed by atoms with van der Waals surface area (Å²) < 4.78 is 1.65. The number of carbonyl (C=O) groups excluding carboxylic acids is 1. The fourth-order valence-electron chi connectivity index (χ4n) is 2.25. The third kappa shape index (κ3) is 4.09. The molecule has 3 rings (SSSR count). The monoisotopic (exact) mass is 368 g/mol. The Morgan fingerprint density at radius 1 is 1.27 bits per heavy atom. The van der Waals surface area contributed by atoms with E-state index in [1.165, 1.54) is 0 Å². The summed E-state index contributed by atoms with van der Waals surface area (Å²) in [5, 5.41) is 13.6. The molecule has 7 nitrogen and oxygen atoms in total. The maximum atomic E-state index is 12.0. The standard InChI is InChI=1S/C18H16N4O3S/c1-12-5-7-13(8-6-12)10-19-21-15(23)11-26-17-16(18(24)25)20-14-4-2-3-9-22(14)17/h2-10H,11H2,1H3,(H,21,23)(H,24,25)/b19-10+. The molecular weight excluding hydrogens is 352 g/mol.